The molecule has 0 saturated heterocycles. The number of nitrogens with zero attached hydrogens (tertiary/aromatic N) is 1. The Morgan fingerprint density at radius 1 is 0.778 bits per heavy atom. The molecule has 0 aliphatic heterocycles. The Hall–Kier alpha value is -1.60. The lowest BCUT2D eigenvalue weighted by Crippen LogP contribution is -2.23. The molecule has 0 fully saturated rings. The molecular formula is C17H21N. The van der Waals surface area contributed by atoms with Gasteiger partial charge in [-0.05, 0) is 31.0 Å². The second-order valence-corrected chi connectivity index (χ2v) is 4.01. The zero-order valence-corrected chi connectivity index (χ0v) is 10.3. The van der Waals surface area contributed by atoms with Crippen molar-refractivity contribution in [2.24, 2.45) is 0 Å². The highest BCUT2D eigenvalue weighted by Crippen LogP contribution is 2.03. The smallest absolute Gasteiger partial charge is 0.0626 e. The van der Waals surface area contributed by atoms with E-state index < -0.39 is 12.1 Å². The van der Waals surface area contributed by atoms with Crippen molar-refractivity contribution in [1.82, 2.24) is 4.90 Å². The van der Waals surface area contributed by atoms with E-state index in [1.807, 2.05) is 4.90 Å². The van der Waals surface area contributed by atoms with Crippen LogP contribution >= 0.6 is 0 Å². The zero-order valence-electron chi connectivity index (χ0n) is 20.3. The standard InChI is InChI=1S/C17H21N/c1-18(14-12-16-8-4-2-5-9-16)15-13-17-10-6-3-7-11-17/h2-11H,12-15H2,1H3/i2D,3D,4D,5D,6D,7D,8D,9D,10D,11D. The van der Waals surface area contributed by atoms with E-state index in [2.05, 4.69) is 0 Å². The van der Waals surface area contributed by atoms with Gasteiger partial charge in [0, 0.05) is 13.1 Å². The van der Waals surface area contributed by atoms with Gasteiger partial charge in [0.05, 0.1) is 13.7 Å². The van der Waals surface area contributed by atoms with Crippen molar-refractivity contribution in [3.8, 4) is 0 Å². The summed E-state index contributed by atoms with van der Waals surface area (Å²) < 4.78 is 77.8. The molecule has 0 unspecified atom stereocenters. The minimum Gasteiger partial charge on any atom is -0.306 e. The second kappa shape index (κ2) is 6.97. The van der Waals surface area contributed by atoms with Crippen LogP contribution in [0.2, 0.25) is 0 Å². The van der Waals surface area contributed by atoms with E-state index in [0.29, 0.717) is 13.1 Å². The molecule has 18 heavy (non-hydrogen) atoms. The summed E-state index contributed by atoms with van der Waals surface area (Å²) in [7, 11) is 1.77. The van der Waals surface area contributed by atoms with Crippen LogP contribution in [0.25, 0.3) is 0 Å². The third-order valence-corrected chi connectivity index (χ3v) is 2.59. The van der Waals surface area contributed by atoms with Gasteiger partial charge in [-0.3, -0.25) is 0 Å². The van der Waals surface area contributed by atoms with Gasteiger partial charge < -0.3 is 4.90 Å². The number of benzene rings is 2. The lowest BCUT2D eigenvalue weighted by atomic mass is 10.1. The first kappa shape index (κ1) is 5.18. The number of likely N-dealkylation sites (N-methyl/N-ethyl adjacent to an activating group) is 1. The average molecular weight is 249 g/mol. The maximum Gasteiger partial charge on any atom is 0.0626 e. The fraction of sp³-hybridized carbons (Fsp3) is 0.294. The molecule has 0 aliphatic rings. The Labute approximate surface area is 124 Å². The summed E-state index contributed by atoms with van der Waals surface area (Å²) in [6.07, 6.45) is 0.486. The van der Waals surface area contributed by atoms with Crippen molar-refractivity contribution in [3.63, 3.8) is 0 Å². The van der Waals surface area contributed by atoms with Crippen LogP contribution < -0.4 is 0 Å². The molecule has 0 radical (unpaired) electrons. The summed E-state index contributed by atoms with van der Waals surface area (Å²) in [5, 5.41) is 0. The summed E-state index contributed by atoms with van der Waals surface area (Å²) in [5.41, 5.74) is 0.473. The van der Waals surface area contributed by atoms with Crippen LogP contribution in [-0.4, -0.2) is 25.0 Å². The van der Waals surface area contributed by atoms with Crippen molar-refractivity contribution in [2.45, 2.75) is 12.8 Å². The summed E-state index contributed by atoms with van der Waals surface area (Å²) in [4.78, 5) is 1.83. The molecule has 0 saturated carbocycles. The largest absolute Gasteiger partial charge is 0.306 e. The van der Waals surface area contributed by atoms with Crippen LogP contribution in [0.3, 0.4) is 0 Å². The topological polar surface area (TPSA) is 3.24 Å². The van der Waals surface area contributed by atoms with Crippen molar-refractivity contribution >= 4 is 0 Å². The van der Waals surface area contributed by atoms with Gasteiger partial charge >= 0.3 is 0 Å². The van der Waals surface area contributed by atoms with Crippen molar-refractivity contribution in [3.05, 3.63) is 71.6 Å². The van der Waals surface area contributed by atoms with E-state index in [4.69, 9.17) is 13.7 Å². The van der Waals surface area contributed by atoms with Gasteiger partial charge in [0.25, 0.3) is 0 Å². The molecule has 0 aromatic heterocycles. The molecule has 1 nitrogen and oxygen atoms in total. The Kier molecular flexibility index (Phi) is 2.01. The molecular weight excluding hydrogens is 218 g/mol. The maximum absolute atomic E-state index is 7.94. The first-order chi connectivity index (χ1) is 13.0. The van der Waals surface area contributed by atoms with Gasteiger partial charge in [0.1, 0.15) is 0 Å². The minimum absolute atomic E-state index is 0.218. The van der Waals surface area contributed by atoms with Crippen LogP contribution in [0, 0.1) is 0 Å². The van der Waals surface area contributed by atoms with Gasteiger partial charge in [-0.15, -0.1) is 0 Å². The normalized spacial score (nSPS) is 18.6. The molecule has 0 N–H and O–H groups in total. The predicted molar refractivity (Wildman–Crippen MR) is 77.8 cm³/mol. The molecule has 94 valence electrons. The molecule has 0 heterocycles. The third kappa shape index (κ3) is 4.34. The van der Waals surface area contributed by atoms with E-state index in [9.17, 15) is 0 Å². The second-order valence-electron chi connectivity index (χ2n) is 4.01. The van der Waals surface area contributed by atoms with E-state index in [1.54, 1.807) is 7.05 Å². The highest BCUT2D eigenvalue weighted by atomic mass is 15.1. The summed E-state index contributed by atoms with van der Waals surface area (Å²) in [6.45, 7) is 0.791. The minimum atomic E-state index is -0.423. The van der Waals surface area contributed by atoms with E-state index in [-0.39, 0.29) is 72.3 Å². The van der Waals surface area contributed by atoms with Gasteiger partial charge in [0.15, 0.2) is 0 Å². The van der Waals surface area contributed by atoms with Crippen LogP contribution in [0.15, 0.2) is 60.4 Å². The highest BCUT2D eigenvalue weighted by molar-refractivity contribution is 5.16. The summed E-state index contributed by atoms with van der Waals surface area (Å²) in [5.74, 6) is 0. The zero-order chi connectivity index (χ0) is 21.3. The quantitative estimate of drug-likeness (QED) is 0.758. The number of rotatable bonds is 6. The van der Waals surface area contributed by atoms with Crippen molar-refractivity contribution in [2.75, 3.05) is 20.1 Å². The fourth-order valence-corrected chi connectivity index (χ4v) is 1.52. The van der Waals surface area contributed by atoms with Crippen LogP contribution in [0.1, 0.15) is 24.8 Å². The highest BCUT2D eigenvalue weighted by Gasteiger charge is 2.00. The third-order valence-electron chi connectivity index (χ3n) is 2.59. The molecule has 0 bridgehead atoms. The van der Waals surface area contributed by atoms with Gasteiger partial charge in [-0.1, -0.05) is 60.4 Å². The summed E-state index contributed by atoms with van der Waals surface area (Å²) >= 11 is 0. The molecule has 0 spiro atoms. The monoisotopic (exact) mass is 249 g/mol. The van der Waals surface area contributed by atoms with E-state index >= 15 is 0 Å². The van der Waals surface area contributed by atoms with Crippen LogP contribution in [0.5, 0.6) is 0 Å². The molecule has 1 heteroatoms. The molecule has 2 rings (SSSR count). The van der Waals surface area contributed by atoms with Crippen molar-refractivity contribution in [1.29, 1.82) is 0 Å². The fourth-order valence-electron chi connectivity index (χ4n) is 1.52. The molecule has 2 aromatic carbocycles. The van der Waals surface area contributed by atoms with Gasteiger partial charge in [-0.2, -0.15) is 0 Å². The molecule has 0 aliphatic carbocycles. The molecule has 0 atom stereocenters. The Morgan fingerprint density at radius 2 is 1.17 bits per heavy atom. The van der Waals surface area contributed by atoms with Gasteiger partial charge in [0.2, 0.25) is 0 Å². The SMILES string of the molecule is [2H]c1c([2H])c([2H])c(CCN(C)CCc2c([2H])c([2H])c([2H])c([2H])c2[2H])c([2H])c1[2H]. The van der Waals surface area contributed by atoms with Crippen molar-refractivity contribution < 1.29 is 13.7 Å². The molecule has 0 amide bonds. The Morgan fingerprint density at radius 3 is 1.56 bits per heavy atom. The Bertz CT molecular complexity index is 780. The lowest BCUT2D eigenvalue weighted by Gasteiger charge is -2.16. The number of hydrogen-bond donors (Lipinski definition) is 0. The van der Waals surface area contributed by atoms with E-state index in [1.165, 1.54) is 0 Å². The molecule has 2 aromatic rings. The first-order valence-corrected chi connectivity index (χ1v) is 5.79. The number of hydrogen-bond acceptors (Lipinski definition) is 1. The lowest BCUT2D eigenvalue weighted by molar-refractivity contribution is 0.343. The predicted octanol–water partition coefficient (Wildman–Crippen LogP) is 3.40. The van der Waals surface area contributed by atoms with Crippen LogP contribution in [0.4, 0.5) is 0 Å². The Balaban J connectivity index is 2.11. The first-order valence-electron chi connectivity index (χ1n) is 10.8. The van der Waals surface area contributed by atoms with Crippen LogP contribution in [-0.2, 0) is 12.8 Å². The van der Waals surface area contributed by atoms with E-state index in [0.717, 1.165) is 0 Å². The summed E-state index contributed by atoms with van der Waals surface area (Å²) in [6, 6.07) is -3.17. The average Bonchev–Trinajstić information content (AvgIpc) is 2.67. The maximum atomic E-state index is 7.94. The van der Waals surface area contributed by atoms with Gasteiger partial charge in [-0.25, -0.2) is 0 Å².